The van der Waals surface area contributed by atoms with E-state index in [9.17, 15) is 4.79 Å². The number of aliphatic carboxylic acids is 1. The van der Waals surface area contributed by atoms with E-state index in [0.29, 0.717) is 23.7 Å². The Morgan fingerprint density at radius 1 is 1.47 bits per heavy atom. The van der Waals surface area contributed by atoms with Crippen molar-refractivity contribution in [2.24, 2.45) is 0 Å². The van der Waals surface area contributed by atoms with Crippen LogP contribution < -0.4 is 9.47 Å². The van der Waals surface area contributed by atoms with Crippen LogP contribution in [-0.4, -0.2) is 24.8 Å². The molecule has 0 bridgehead atoms. The van der Waals surface area contributed by atoms with E-state index in [1.54, 1.807) is 24.3 Å². The summed E-state index contributed by atoms with van der Waals surface area (Å²) < 4.78 is 10.7. The van der Waals surface area contributed by atoms with Crippen molar-refractivity contribution in [1.82, 2.24) is 0 Å². The molecule has 0 fully saturated rings. The molecule has 0 heterocycles. The molecule has 1 aromatic carbocycles. The van der Waals surface area contributed by atoms with Crippen LogP contribution >= 0.6 is 0 Å². The predicted molar refractivity (Wildman–Crippen MR) is 70.0 cm³/mol. The minimum atomic E-state index is -1.26. The van der Waals surface area contributed by atoms with Crippen molar-refractivity contribution in [2.75, 3.05) is 13.7 Å². The second kappa shape index (κ2) is 7.07. The molecular weight excluding hydrogens is 246 g/mol. The minimum Gasteiger partial charge on any atom is -0.493 e. The fraction of sp³-hybridized carbons (Fsp3) is 0.286. The largest absolute Gasteiger partial charge is 0.493 e. The highest BCUT2D eigenvalue weighted by molar-refractivity contribution is 5.96. The minimum absolute atomic E-state index is 0.329. The molecule has 5 nitrogen and oxygen atoms in total. The normalized spacial score (nSPS) is 10.7. The highest BCUT2D eigenvalue weighted by atomic mass is 16.5. The number of hydrogen-bond donors (Lipinski definition) is 1. The van der Waals surface area contributed by atoms with Gasteiger partial charge in [0.2, 0.25) is 0 Å². The Labute approximate surface area is 111 Å². The van der Waals surface area contributed by atoms with Crippen LogP contribution in [0.2, 0.25) is 0 Å². The first-order chi connectivity index (χ1) is 9.12. The van der Waals surface area contributed by atoms with Gasteiger partial charge in [0, 0.05) is 0 Å². The number of carbonyl (C=O) groups is 1. The summed E-state index contributed by atoms with van der Waals surface area (Å²) in [6.07, 6.45) is 2.16. The molecule has 0 aliphatic rings. The van der Waals surface area contributed by atoms with Crippen LogP contribution in [0.25, 0.3) is 6.08 Å². The maximum atomic E-state index is 10.8. The van der Waals surface area contributed by atoms with Crippen molar-refractivity contribution < 1.29 is 19.4 Å². The van der Waals surface area contributed by atoms with Crippen molar-refractivity contribution in [3.8, 4) is 17.6 Å². The Kier molecular flexibility index (Phi) is 5.42. The lowest BCUT2D eigenvalue weighted by molar-refractivity contribution is -0.132. The zero-order valence-electron chi connectivity index (χ0n) is 10.8. The number of methoxy groups -OCH3 is 1. The molecule has 0 aromatic heterocycles. The fourth-order valence-corrected chi connectivity index (χ4v) is 1.41. The Hall–Kier alpha value is -2.48. The smallest absolute Gasteiger partial charge is 0.346 e. The van der Waals surface area contributed by atoms with Crippen LogP contribution in [0.1, 0.15) is 18.9 Å². The lowest BCUT2D eigenvalue weighted by atomic mass is 10.1. The molecule has 1 N–H and O–H groups in total. The standard InChI is InChI=1S/C14H15NO4/c1-3-6-19-12-5-4-10(8-13(12)18-2)7-11(9-15)14(16)17/h4-5,7-8H,3,6H2,1-2H3,(H,16,17)/b11-7+. The van der Waals surface area contributed by atoms with Crippen LogP contribution in [0, 0.1) is 11.3 Å². The van der Waals surface area contributed by atoms with E-state index in [2.05, 4.69) is 0 Å². The van der Waals surface area contributed by atoms with Crippen molar-refractivity contribution >= 4 is 12.0 Å². The summed E-state index contributed by atoms with van der Waals surface area (Å²) in [7, 11) is 1.50. The van der Waals surface area contributed by atoms with Gasteiger partial charge in [0.1, 0.15) is 11.6 Å². The maximum absolute atomic E-state index is 10.8. The van der Waals surface area contributed by atoms with Crippen LogP contribution in [0.5, 0.6) is 11.5 Å². The SMILES string of the molecule is CCCOc1ccc(/C=C(\C#N)C(=O)O)cc1OC. The predicted octanol–water partition coefficient (Wildman–Crippen LogP) is 2.48. The van der Waals surface area contributed by atoms with E-state index in [1.165, 1.54) is 13.2 Å². The van der Waals surface area contributed by atoms with E-state index < -0.39 is 5.97 Å². The zero-order chi connectivity index (χ0) is 14.3. The second-order valence-corrected chi connectivity index (χ2v) is 3.73. The van der Waals surface area contributed by atoms with E-state index >= 15 is 0 Å². The number of carboxylic acid groups (broad SMARTS) is 1. The molecule has 19 heavy (non-hydrogen) atoms. The van der Waals surface area contributed by atoms with Crippen molar-refractivity contribution in [1.29, 1.82) is 5.26 Å². The van der Waals surface area contributed by atoms with Crippen LogP contribution in [0.3, 0.4) is 0 Å². The molecule has 0 aliphatic carbocycles. The number of ether oxygens (including phenoxy) is 2. The quantitative estimate of drug-likeness (QED) is 0.628. The third-order valence-electron chi connectivity index (χ3n) is 2.31. The van der Waals surface area contributed by atoms with Gasteiger partial charge in [0.05, 0.1) is 13.7 Å². The summed E-state index contributed by atoms with van der Waals surface area (Å²) in [5.74, 6) is -0.159. The average molecular weight is 261 g/mol. The topological polar surface area (TPSA) is 79.5 Å². The van der Waals surface area contributed by atoms with E-state index in [-0.39, 0.29) is 5.57 Å². The van der Waals surface area contributed by atoms with E-state index in [1.807, 2.05) is 6.92 Å². The molecule has 100 valence electrons. The molecule has 0 atom stereocenters. The Morgan fingerprint density at radius 2 is 2.21 bits per heavy atom. The first kappa shape index (κ1) is 14.6. The first-order valence-corrected chi connectivity index (χ1v) is 5.78. The summed E-state index contributed by atoms with van der Waals surface area (Å²) in [4.78, 5) is 10.8. The Morgan fingerprint density at radius 3 is 2.74 bits per heavy atom. The van der Waals surface area contributed by atoms with Crippen LogP contribution in [0.15, 0.2) is 23.8 Å². The molecule has 0 amide bonds. The molecular formula is C14H15NO4. The molecule has 0 spiro atoms. The summed E-state index contributed by atoms with van der Waals surface area (Å²) in [5, 5.41) is 17.5. The van der Waals surface area contributed by atoms with Crippen LogP contribution in [-0.2, 0) is 4.79 Å². The van der Waals surface area contributed by atoms with Gasteiger partial charge >= 0.3 is 5.97 Å². The summed E-state index contributed by atoms with van der Waals surface area (Å²) in [5.41, 5.74) is 0.240. The number of benzene rings is 1. The van der Waals surface area contributed by atoms with E-state index in [4.69, 9.17) is 19.8 Å². The molecule has 0 saturated heterocycles. The first-order valence-electron chi connectivity index (χ1n) is 5.78. The third kappa shape index (κ3) is 4.03. The van der Waals surface area contributed by atoms with Crippen molar-refractivity contribution in [3.63, 3.8) is 0 Å². The Balaban J connectivity index is 3.06. The highest BCUT2D eigenvalue weighted by Gasteiger charge is 2.08. The zero-order valence-corrected chi connectivity index (χ0v) is 10.8. The highest BCUT2D eigenvalue weighted by Crippen LogP contribution is 2.29. The molecule has 5 heteroatoms. The molecule has 1 rings (SSSR count). The Bertz CT molecular complexity index is 529. The maximum Gasteiger partial charge on any atom is 0.346 e. The van der Waals surface area contributed by atoms with Gasteiger partial charge in [-0.3, -0.25) is 0 Å². The van der Waals surface area contributed by atoms with Gasteiger partial charge in [0.25, 0.3) is 0 Å². The van der Waals surface area contributed by atoms with Gasteiger partial charge < -0.3 is 14.6 Å². The molecule has 0 unspecified atom stereocenters. The van der Waals surface area contributed by atoms with Gasteiger partial charge in [0.15, 0.2) is 11.5 Å². The summed E-state index contributed by atoms with van der Waals surface area (Å²) in [6.45, 7) is 2.57. The number of hydrogen-bond acceptors (Lipinski definition) is 4. The lowest BCUT2D eigenvalue weighted by Crippen LogP contribution is -1.99. The average Bonchev–Trinajstić information content (AvgIpc) is 2.42. The fourth-order valence-electron chi connectivity index (χ4n) is 1.41. The van der Waals surface area contributed by atoms with E-state index in [0.717, 1.165) is 6.42 Å². The number of nitrogens with zero attached hydrogens (tertiary/aromatic N) is 1. The summed E-state index contributed by atoms with van der Waals surface area (Å²) >= 11 is 0. The van der Waals surface area contributed by atoms with Crippen molar-refractivity contribution in [2.45, 2.75) is 13.3 Å². The van der Waals surface area contributed by atoms with Gasteiger partial charge in [-0.2, -0.15) is 5.26 Å². The number of rotatable bonds is 6. The van der Waals surface area contributed by atoms with Crippen LogP contribution in [0.4, 0.5) is 0 Å². The molecule has 1 aromatic rings. The van der Waals surface area contributed by atoms with Gasteiger partial charge in [-0.15, -0.1) is 0 Å². The van der Waals surface area contributed by atoms with Gasteiger partial charge in [-0.25, -0.2) is 4.79 Å². The third-order valence-corrected chi connectivity index (χ3v) is 2.31. The van der Waals surface area contributed by atoms with Crippen molar-refractivity contribution in [3.05, 3.63) is 29.3 Å². The number of nitriles is 1. The lowest BCUT2D eigenvalue weighted by Gasteiger charge is -2.10. The molecule has 0 aliphatic heterocycles. The van der Waals surface area contributed by atoms with Gasteiger partial charge in [-0.05, 0) is 30.2 Å². The second-order valence-electron chi connectivity index (χ2n) is 3.73. The summed E-state index contributed by atoms with van der Waals surface area (Å²) in [6, 6.07) is 6.62. The molecule has 0 radical (unpaired) electrons. The van der Waals surface area contributed by atoms with Gasteiger partial charge in [-0.1, -0.05) is 13.0 Å². The number of carboxylic acids is 1. The monoisotopic (exact) mass is 261 g/mol. The molecule has 0 saturated carbocycles.